The van der Waals surface area contributed by atoms with Crippen LogP contribution in [0.4, 0.5) is 16.2 Å². The molecule has 9 heteroatoms. The first-order chi connectivity index (χ1) is 16.4. The minimum absolute atomic E-state index is 0.0845. The number of urea groups is 1. The van der Waals surface area contributed by atoms with E-state index in [0.717, 1.165) is 16.8 Å². The highest BCUT2D eigenvalue weighted by atomic mass is 16.3. The molecule has 1 aromatic heterocycles. The van der Waals surface area contributed by atoms with Gasteiger partial charge in [-0.15, -0.1) is 0 Å². The van der Waals surface area contributed by atoms with Crippen molar-refractivity contribution in [2.75, 3.05) is 23.7 Å². The Kier molecular flexibility index (Phi) is 5.39. The summed E-state index contributed by atoms with van der Waals surface area (Å²) in [6.07, 6.45) is 3.74. The number of fused-ring (bicyclic) bond motifs is 1. The van der Waals surface area contributed by atoms with Crippen molar-refractivity contribution in [2.24, 2.45) is 5.73 Å². The largest absolute Gasteiger partial charge is 0.391 e. The topological polar surface area (TPSA) is 141 Å². The summed E-state index contributed by atoms with van der Waals surface area (Å²) in [5, 5.41) is 15.0. The Bertz CT molecular complexity index is 1330. The molecule has 0 bridgehead atoms. The maximum absolute atomic E-state index is 12.6. The van der Waals surface area contributed by atoms with E-state index < -0.39 is 12.1 Å². The zero-order valence-corrected chi connectivity index (χ0v) is 18.2. The standard InChI is InChI=1S/C25H23N5O4/c26-25(34)28-17-5-6-22-20(10-17)21(23(32)29-22)11-18-9-16(12-27-18)14-1-3-15(4-2-14)24(33)30-8-7-19(31)13-30/h1-6,9-12,19,27,31H,7-8,13H2,(H,29,32)(H3,26,28,34). The molecule has 34 heavy (non-hydrogen) atoms. The van der Waals surface area contributed by atoms with Crippen LogP contribution in [0.5, 0.6) is 0 Å². The molecule has 1 saturated heterocycles. The van der Waals surface area contributed by atoms with Gasteiger partial charge >= 0.3 is 6.03 Å². The van der Waals surface area contributed by atoms with Crippen LogP contribution in [0, 0.1) is 0 Å². The molecule has 1 atom stereocenters. The van der Waals surface area contributed by atoms with Crippen LogP contribution >= 0.6 is 0 Å². The van der Waals surface area contributed by atoms with Crippen LogP contribution in [0.15, 0.2) is 54.7 Å². The van der Waals surface area contributed by atoms with Crippen LogP contribution < -0.4 is 16.4 Å². The molecule has 2 aliphatic heterocycles. The molecular weight excluding hydrogens is 434 g/mol. The van der Waals surface area contributed by atoms with Crippen molar-refractivity contribution in [3.05, 3.63) is 71.5 Å². The number of nitrogens with two attached hydrogens (primary N) is 1. The number of likely N-dealkylation sites (tertiary alicyclic amines) is 1. The van der Waals surface area contributed by atoms with Gasteiger partial charge in [-0.2, -0.15) is 0 Å². The summed E-state index contributed by atoms with van der Waals surface area (Å²) in [5.41, 5.74) is 10.6. The molecule has 0 aliphatic carbocycles. The number of aliphatic hydroxyl groups excluding tert-OH is 1. The number of anilines is 2. The first-order valence-electron chi connectivity index (χ1n) is 10.9. The van der Waals surface area contributed by atoms with E-state index in [9.17, 15) is 19.5 Å². The summed E-state index contributed by atoms with van der Waals surface area (Å²) in [4.78, 5) is 41.1. The smallest absolute Gasteiger partial charge is 0.316 e. The Balaban J connectivity index is 1.36. The van der Waals surface area contributed by atoms with Gasteiger partial charge in [-0.1, -0.05) is 12.1 Å². The third kappa shape index (κ3) is 4.16. The van der Waals surface area contributed by atoms with E-state index in [0.29, 0.717) is 47.6 Å². The van der Waals surface area contributed by atoms with E-state index in [1.807, 2.05) is 24.4 Å². The van der Waals surface area contributed by atoms with Gasteiger partial charge < -0.3 is 31.4 Å². The number of aromatic amines is 1. The summed E-state index contributed by atoms with van der Waals surface area (Å²) in [6, 6.07) is 13.6. The molecule has 0 spiro atoms. The average molecular weight is 457 g/mol. The summed E-state index contributed by atoms with van der Waals surface area (Å²) in [6.45, 7) is 0.932. The monoisotopic (exact) mass is 457 g/mol. The minimum Gasteiger partial charge on any atom is -0.391 e. The van der Waals surface area contributed by atoms with E-state index in [2.05, 4.69) is 15.6 Å². The van der Waals surface area contributed by atoms with Gasteiger partial charge in [0.05, 0.1) is 11.7 Å². The third-order valence-corrected chi connectivity index (χ3v) is 5.99. The minimum atomic E-state index is -0.678. The number of hydrogen-bond donors (Lipinski definition) is 5. The lowest BCUT2D eigenvalue weighted by atomic mass is 10.0. The second-order valence-electron chi connectivity index (χ2n) is 8.38. The fourth-order valence-corrected chi connectivity index (χ4v) is 4.28. The van der Waals surface area contributed by atoms with Gasteiger partial charge in [-0.3, -0.25) is 9.59 Å². The summed E-state index contributed by atoms with van der Waals surface area (Å²) >= 11 is 0. The number of amides is 4. The number of hydrogen-bond acceptors (Lipinski definition) is 4. The van der Waals surface area contributed by atoms with Crippen molar-refractivity contribution in [3.8, 4) is 11.1 Å². The molecule has 3 aromatic rings. The number of nitrogens with one attached hydrogen (secondary N) is 3. The third-order valence-electron chi connectivity index (χ3n) is 5.99. The van der Waals surface area contributed by atoms with E-state index in [4.69, 9.17) is 5.73 Å². The number of H-pyrrole nitrogens is 1. The molecule has 1 fully saturated rings. The van der Waals surface area contributed by atoms with Crippen molar-refractivity contribution in [2.45, 2.75) is 12.5 Å². The number of nitrogens with zero attached hydrogens (tertiary/aromatic N) is 1. The first-order valence-corrected chi connectivity index (χ1v) is 10.9. The van der Waals surface area contributed by atoms with Crippen LogP contribution in [-0.4, -0.2) is 52.0 Å². The first kappa shape index (κ1) is 21.5. The fraction of sp³-hybridized carbons (Fsp3) is 0.160. The maximum Gasteiger partial charge on any atom is 0.316 e. The van der Waals surface area contributed by atoms with Crippen LogP contribution in [0.3, 0.4) is 0 Å². The molecule has 2 aliphatic rings. The Labute approximate surface area is 195 Å². The van der Waals surface area contributed by atoms with Crippen LogP contribution in [0.25, 0.3) is 22.8 Å². The lowest BCUT2D eigenvalue weighted by Crippen LogP contribution is -2.29. The van der Waals surface area contributed by atoms with Gasteiger partial charge in [0, 0.05) is 47.5 Å². The van der Waals surface area contributed by atoms with Crippen LogP contribution in [0.1, 0.15) is 28.0 Å². The quantitative estimate of drug-likeness (QED) is 0.384. The second-order valence-corrected chi connectivity index (χ2v) is 8.38. The SMILES string of the molecule is NC(=O)Nc1ccc2c(c1)C(=Cc1cc(-c3ccc(C(=O)N4CCC(O)C4)cc3)c[nH]1)C(=O)N2. The Hall–Kier alpha value is -4.37. The van der Waals surface area contributed by atoms with Crippen molar-refractivity contribution in [1.29, 1.82) is 0 Å². The number of rotatable bonds is 4. The number of carbonyl (C=O) groups excluding carboxylic acids is 3. The number of aromatic nitrogens is 1. The number of β-amino-alcohol motifs (C(OH)–C–C–N with tert-alkyl or cyclic N) is 1. The highest BCUT2D eigenvalue weighted by molar-refractivity contribution is 6.35. The zero-order valence-electron chi connectivity index (χ0n) is 18.2. The van der Waals surface area contributed by atoms with Crippen molar-refractivity contribution in [3.63, 3.8) is 0 Å². The molecule has 4 amide bonds. The number of primary amides is 1. The van der Waals surface area contributed by atoms with E-state index >= 15 is 0 Å². The van der Waals surface area contributed by atoms with E-state index in [1.54, 1.807) is 41.3 Å². The average Bonchev–Trinajstić information content (AvgIpc) is 3.53. The highest BCUT2D eigenvalue weighted by Gasteiger charge is 2.26. The van der Waals surface area contributed by atoms with Crippen molar-refractivity contribution >= 4 is 40.9 Å². The summed E-state index contributed by atoms with van der Waals surface area (Å²) in [7, 11) is 0. The maximum atomic E-state index is 12.6. The molecule has 0 radical (unpaired) electrons. The molecule has 3 heterocycles. The molecular formula is C25H23N5O4. The normalized spacial score (nSPS) is 18.1. The molecule has 2 aromatic carbocycles. The molecule has 1 unspecified atom stereocenters. The number of benzene rings is 2. The summed E-state index contributed by atoms with van der Waals surface area (Å²) < 4.78 is 0. The lowest BCUT2D eigenvalue weighted by molar-refractivity contribution is -0.110. The van der Waals surface area contributed by atoms with Gasteiger partial charge in [0.2, 0.25) is 0 Å². The van der Waals surface area contributed by atoms with E-state index in [1.165, 1.54) is 0 Å². The predicted octanol–water partition coefficient (Wildman–Crippen LogP) is 2.87. The van der Waals surface area contributed by atoms with E-state index in [-0.39, 0.29) is 11.8 Å². The lowest BCUT2D eigenvalue weighted by Gasteiger charge is -2.15. The summed E-state index contributed by atoms with van der Waals surface area (Å²) in [5.74, 6) is -0.323. The Morgan fingerprint density at radius 2 is 1.91 bits per heavy atom. The van der Waals surface area contributed by atoms with Crippen LogP contribution in [-0.2, 0) is 4.79 Å². The van der Waals surface area contributed by atoms with Gasteiger partial charge in [-0.05, 0) is 60.0 Å². The van der Waals surface area contributed by atoms with Crippen LogP contribution in [0.2, 0.25) is 0 Å². The number of aliphatic hydroxyl groups is 1. The van der Waals surface area contributed by atoms with Gasteiger partial charge in [0.1, 0.15) is 0 Å². The molecule has 0 saturated carbocycles. The molecule has 9 nitrogen and oxygen atoms in total. The molecule has 6 N–H and O–H groups in total. The zero-order chi connectivity index (χ0) is 23.8. The second kappa shape index (κ2) is 8.53. The van der Waals surface area contributed by atoms with Crippen molar-refractivity contribution < 1.29 is 19.5 Å². The predicted molar refractivity (Wildman–Crippen MR) is 129 cm³/mol. The Morgan fingerprint density at radius 3 is 2.62 bits per heavy atom. The van der Waals surface area contributed by atoms with Gasteiger partial charge in [0.15, 0.2) is 0 Å². The molecule has 172 valence electrons. The van der Waals surface area contributed by atoms with Gasteiger partial charge in [0.25, 0.3) is 11.8 Å². The highest BCUT2D eigenvalue weighted by Crippen LogP contribution is 2.35. The van der Waals surface area contributed by atoms with Gasteiger partial charge in [-0.25, -0.2) is 4.79 Å². The Morgan fingerprint density at radius 1 is 1.12 bits per heavy atom. The number of carbonyl (C=O) groups is 3. The molecule has 5 rings (SSSR count). The van der Waals surface area contributed by atoms with Crippen molar-refractivity contribution in [1.82, 2.24) is 9.88 Å². The fourth-order valence-electron chi connectivity index (χ4n) is 4.28.